The van der Waals surface area contributed by atoms with Crippen LogP contribution in [0.3, 0.4) is 0 Å². The van der Waals surface area contributed by atoms with E-state index in [1.807, 2.05) is 0 Å². The maximum atomic E-state index is 13.2. The number of carbonyl (C=O) groups excluding carboxylic acids is 1. The van der Waals surface area contributed by atoms with Gasteiger partial charge in [-0.15, -0.1) is 0 Å². The van der Waals surface area contributed by atoms with Gasteiger partial charge in [-0.3, -0.25) is 4.79 Å². The van der Waals surface area contributed by atoms with Crippen LogP contribution >= 0.6 is 0 Å². The molecule has 1 fully saturated rings. The summed E-state index contributed by atoms with van der Waals surface area (Å²) >= 11 is 0. The molecule has 1 saturated heterocycles. The van der Waals surface area contributed by atoms with Crippen molar-refractivity contribution in [2.75, 3.05) is 20.3 Å². The molecule has 1 aliphatic rings. The topological polar surface area (TPSA) is 61.5 Å². The predicted molar refractivity (Wildman–Crippen MR) is 54.6 cm³/mol. The molecule has 1 aromatic carbocycles. The maximum Gasteiger partial charge on any atom is 0.232 e. The first kappa shape index (κ1) is 10.9. The summed E-state index contributed by atoms with van der Waals surface area (Å²) < 4.78 is 23.3. The average Bonchev–Trinajstić information content (AvgIpc) is 2.15. The van der Waals surface area contributed by atoms with Crippen molar-refractivity contribution in [3.05, 3.63) is 29.6 Å². The van der Waals surface area contributed by atoms with E-state index in [0.29, 0.717) is 11.3 Å². The molecule has 1 heterocycles. The van der Waals surface area contributed by atoms with Crippen LogP contribution in [0.4, 0.5) is 4.39 Å². The fourth-order valence-corrected chi connectivity index (χ4v) is 1.79. The molecule has 4 nitrogen and oxygen atoms in total. The largest absolute Gasteiger partial charge is 0.496 e. The van der Waals surface area contributed by atoms with Gasteiger partial charge in [0.25, 0.3) is 0 Å². The minimum atomic E-state index is -0.951. The van der Waals surface area contributed by atoms with Gasteiger partial charge in [-0.1, -0.05) is 0 Å². The number of ether oxygens (including phenoxy) is 2. The Morgan fingerprint density at radius 2 is 2.25 bits per heavy atom. The summed E-state index contributed by atoms with van der Waals surface area (Å²) in [5, 5.41) is 0. The van der Waals surface area contributed by atoms with E-state index in [-0.39, 0.29) is 13.2 Å². The summed E-state index contributed by atoms with van der Waals surface area (Å²) in [4.78, 5) is 11.4. The monoisotopic (exact) mass is 225 g/mol. The molecule has 0 atom stereocenters. The highest BCUT2D eigenvalue weighted by Gasteiger charge is 2.48. The molecule has 1 aromatic rings. The van der Waals surface area contributed by atoms with E-state index in [4.69, 9.17) is 15.2 Å². The van der Waals surface area contributed by atoms with Crippen LogP contribution in [-0.4, -0.2) is 26.2 Å². The second-order valence-corrected chi connectivity index (χ2v) is 3.78. The Kier molecular flexibility index (Phi) is 2.55. The van der Waals surface area contributed by atoms with E-state index in [1.54, 1.807) is 0 Å². The molecule has 0 unspecified atom stereocenters. The number of benzene rings is 1. The number of hydrogen-bond acceptors (Lipinski definition) is 3. The van der Waals surface area contributed by atoms with Crippen LogP contribution in [0.2, 0.25) is 0 Å². The van der Waals surface area contributed by atoms with Crippen molar-refractivity contribution in [2.45, 2.75) is 5.41 Å². The Labute approximate surface area is 92.1 Å². The van der Waals surface area contributed by atoms with Crippen LogP contribution in [0.5, 0.6) is 5.75 Å². The van der Waals surface area contributed by atoms with Crippen molar-refractivity contribution in [2.24, 2.45) is 5.73 Å². The van der Waals surface area contributed by atoms with E-state index in [1.165, 1.54) is 25.3 Å². The summed E-state index contributed by atoms with van der Waals surface area (Å²) in [5.74, 6) is -0.505. The lowest BCUT2D eigenvalue weighted by Crippen LogP contribution is -2.56. The number of rotatable bonds is 3. The second-order valence-electron chi connectivity index (χ2n) is 3.78. The normalized spacial score (nSPS) is 17.6. The summed E-state index contributed by atoms with van der Waals surface area (Å²) in [6.07, 6.45) is 0. The third kappa shape index (κ3) is 1.44. The fraction of sp³-hybridized carbons (Fsp3) is 0.364. The molecule has 1 aliphatic heterocycles. The van der Waals surface area contributed by atoms with Crippen LogP contribution in [0.25, 0.3) is 0 Å². The van der Waals surface area contributed by atoms with Gasteiger partial charge in [0.15, 0.2) is 0 Å². The van der Waals surface area contributed by atoms with Gasteiger partial charge < -0.3 is 15.2 Å². The minimum Gasteiger partial charge on any atom is -0.496 e. The van der Waals surface area contributed by atoms with E-state index in [9.17, 15) is 9.18 Å². The van der Waals surface area contributed by atoms with E-state index in [0.717, 1.165) is 0 Å². The predicted octanol–water partition coefficient (Wildman–Crippen LogP) is 0.588. The highest BCUT2D eigenvalue weighted by atomic mass is 19.1. The Morgan fingerprint density at radius 3 is 2.69 bits per heavy atom. The highest BCUT2D eigenvalue weighted by Crippen LogP contribution is 2.38. The molecule has 2 N–H and O–H groups in total. The van der Waals surface area contributed by atoms with Gasteiger partial charge >= 0.3 is 0 Å². The van der Waals surface area contributed by atoms with Gasteiger partial charge in [0.2, 0.25) is 5.91 Å². The van der Waals surface area contributed by atoms with Gasteiger partial charge in [-0.25, -0.2) is 4.39 Å². The third-order valence-corrected chi connectivity index (χ3v) is 2.85. The molecule has 1 amide bonds. The maximum absolute atomic E-state index is 13.2. The quantitative estimate of drug-likeness (QED) is 0.818. The van der Waals surface area contributed by atoms with E-state index >= 15 is 0 Å². The van der Waals surface area contributed by atoms with Gasteiger partial charge in [0.05, 0.1) is 20.3 Å². The number of hydrogen-bond donors (Lipinski definition) is 1. The van der Waals surface area contributed by atoms with Crippen LogP contribution in [0.1, 0.15) is 5.56 Å². The Bertz CT molecular complexity index is 429. The third-order valence-electron chi connectivity index (χ3n) is 2.85. The first-order valence-corrected chi connectivity index (χ1v) is 4.82. The van der Waals surface area contributed by atoms with Crippen molar-refractivity contribution in [1.82, 2.24) is 0 Å². The zero-order chi connectivity index (χ0) is 11.8. The molecular weight excluding hydrogens is 213 g/mol. The first-order valence-electron chi connectivity index (χ1n) is 4.82. The lowest BCUT2D eigenvalue weighted by molar-refractivity contribution is -0.141. The van der Waals surface area contributed by atoms with Crippen LogP contribution in [0, 0.1) is 5.82 Å². The molecule has 0 saturated carbocycles. The van der Waals surface area contributed by atoms with Crippen LogP contribution < -0.4 is 10.5 Å². The van der Waals surface area contributed by atoms with Crippen molar-refractivity contribution in [3.8, 4) is 5.75 Å². The number of carbonyl (C=O) groups is 1. The van der Waals surface area contributed by atoms with E-state index in [2.05, 4.69) is 0 Å². The molecule has 0 aliphatic carbocycles. The van der Waals surface area contributed by atoms with Gasteiger partial charge in [0.1, 0.15) is 17.0 Å². The molecule has 0 bridgehead atoms. The number of methoxy groups -OCH3 is 1. The first-order chi connectivity index (χ1) is 7.60. The number of primary amides is 1. The molecule has 86 valence electrons. The molecule has 0 radical (unpaired) electrons. The molecule has 16 heavy (non-hydrogen) atoms. The van der Waals surface area contributed by atoms with Gasteiger partial charge in [0, 0.05) is 5.56 Å². The number of amides is 1. The summed E-state index contributed by atoms with van der Waals surface area (Å²) in [6.45, 7) is 0.338. The summed E-state index contributed by atoms with van der Waals surface area (Å²) in [6, 6.07) is 4.02. The van der Waals surface area contributed by atoms with Crippen molar-refractivity contribution in [3.63, 3.8) is 0 Å². The van der Waals surface area contributed by atoms with Crippen LogP contribution in [-0.2, 0) is 14.9 Å². The van der Waals surface area contributed by atoms with Crippen molar-refractivity contribution < 1.29 is 18.7 Å². The molecular formula is C11H12FNO3. The summed E-state index contributed by atoms with van der Waals surface area (Å²) in [5.41, 5.74) is 4.84. The second kappa shape index (κ2) is 3.75. The Morgan fingerprint density at radius 1 is 1.56 bits per heavy atom. The zero-order valence-electron chi connectivity index (χ0n) is 8.83. The summed E-state index contributed by atoms with van der Waals surface area (Å²) in [7, 11) is 1.46. The molecule has 0 aromatic heterocycles. The minimum absolute atomic E-state index is 0.169. The Balaban J connectivity index is 2.52. The molecule has 5 heteroatoms. The SMILES string of the molecule is COc1ccc(F)cc1C1(C(N)=O)COC1. The Hall–Kier alpha value is -1.62. The van der Waals surface area contributed by atoms with Crippen molar-refractivity contribution in [1.29, 1.82) is 0 Å². The van der Waals surface area contributed by atoms with Gasteiger partial charge in [-0.2, -0.15) is 0 Å². The molecule has 0 spiro atoms. The zero-order valence-corrected chi connectivity index (χ0v) is 8.83. The lowest BCUT2D eigenvalue weighted by Gasteiger charge is -2.39. The van der Waals surface area contributed by atoms with Crippen LogP contribution in [0.15, 0.2) is 18.2 Å². The number of nitrogens with two attached hydrogens (primary N) is 1. The lowest BCUT2D eigenvalue weighted by atomic mass is 9.77. The average molecular weight is 225 g/mol. The van der Waals surface area contributed by atoms with E-state index < -0.39 is 17.1 Å². The van der Waals surface area contributed by atoms with Crippen molar-refractivity contribution >= 4 is 5.91 Å². The van der Waals surface area contributed by atoms with Gasteiger partial charge in [-0.05, 0) is 18.2 Å². The molecule has 2 rings (SSSR count). The number of halogens is 1. The standard InChI is InChI=1S/C11H12FNO3/c1-15-9-3-2-7(12)4-8(9)11(10(13)14)5-16-6-11/h2-4H,5-6H2,1H3,(H2,13,14). The highest BCUT2D eigenvalue weighted by molar-refractivity contribution is 5.89. The fourth-order valence-electron chi connectivity index (χ4n) is 1.79. The smallest absolute Gasteiger partial charge is 0.232 e.